The minimum absolute atomic E-state index is 0.162. The fourth-order valence-corrected chi connectivity index (χ4v) is 4.62. The maximum atomic E-state index is 12.0. The van der Waals surface area contributed by atoms with Crippen molar-refractivity contribution >= 4 is 28.7 Å². The molecule has 2 aromatic heterocycles. The van der Waals surface area contributed by atoms with Gasteiger partial charge in [-0.05, 0) is 20.8 Å². The average molecular weight is 460 g/mol. The monoisotopic (exact) mass is 459 g/mol. The number of nitrogens with one attached hydrogen (secondary N) is 1. The smallest absolute Gasteiger partial charge is 0.407 e. The summed E-state index contributed by atoms with van der Waals surface area (Å²) in [7, 11) is 1.64. The number of hydrogen-bond acceptors (Lipinski definition) is 9. The van der Waals surface area contributed by atoms with Crippen LogP contribution in [0, 0.1) is 13.8 Å². The van der Waals surface area contributed by atoms with Crippen LogP contribution in [0.1, 0.15) is 35.0 Å². The predicted molar refractivity (Wildman–Crippen MR) is 126 cm³/mol. The van der Waals surface area contributed by atoms with Gasteiger partial charge in [-0.25, -0.2) is 14.5 Å². The third kappa shape index (κ3) is 4.98. The van der Waals surface area contributed by atoms with Gasteiger partial charge in [-0.15, -0.1) is 11.8 Å². The van der Waals surface area contributed by atoms with Crippen LogP contribution < -0.4 is 21.5 Å². The standard InChI is InChI=1S/C21H29N7O3S/c1-6-24-21(29)31-14-7-15-17(20(32-10-14)26-13(4)22)19(23)28(27-15)9-16-12(3)18(30-5)11(2)8-25-16/h8,14H,4,6-7,9-10,22-23H2,1-3,5H3,(H,24,29)/b26-20+. The Morgan fingerprint density at radius 1 is 1.47 bits per heavy atom. The van der Waals surface area contributed by atoms with Crippen LogP contribution in [0.25, 0.3) is 0 Å². The molecule has 0 aromatic carbocycles. The summed E-state index contributed by atoms with van der Waals surface area (Å²) in [6.45, 7) is 10.2. The van der Waals surface area contributed by atoms with Crippen molar-refractivity contribution < 1.29 is 14.3 Å². The zero-order chi connectivity index (χ0) is 23.4. The molecule has 1 aliphatic heterocycles. The van der Waals surface area contributed by atoms with Crippen LogP contribution >= 0.6 is 11.8 Å². The summed E-state index contributed by atoms with van der Waals surface area (Å²) in [5.74, 6) is 1.88. The number of rotatable bonds is 6. The molecule has 0 spiro atoms. The lowest BCUT2D eigenvalue weighted by Crippen LogP contribution is -2.31. The van der Waals surface area contributed by atoms with E-state index in [1.807, 2.05) is 20.8 Å². The number of amides is 1. The van der Waals surface area contributed by atoms with Crippen LogP contribution in [0.2, 0.25) is 0 Å². The number of nitrogens with zero attached hydrogens (tertiary/aromatic N) is 4. The lowest BCUT2D eigenvalue weighted by atomic mass is 10.1. The van der Waals surface area contributed by atoms with Crippen molar-refractivity contribution in [2.45, 2.75) is 39.8 Å². The number of alkyl carbamates (subject to hydrolysis) is 1. The van der Waals surface area contributed by atoms with Gasteiger partial charge in [0.2, 0.25) is 0 Å². The first-order valence-corrected chi connectivity index (χ1v) is 11.2. The van der Waals surface area contributed by atoms with E-state index in [1.165, 1.54) is 11.8 Å². The lowest BCUT2D eigenvalue weighted by molar-refractivity contribution is 0.109. The van der Waals surface area contributed by atoms with Crippen molar-refractivity contribution in [3.63, 3.8) is 0 Å². The number of hydrogen-bond donors (Lipinski definition) is 3. The maximum Gasteiger partial charge on any atom is 0.407 e. The van der Waals surface area contributed by atoms with Crippen molar-refractivity contribution in [2.24, 2.45) is 10.7 Å². The summed E-state index contributed by atoms with van der Waals surface area (Å²) < 4.78 is 12.7. The third-order valence-electron chi connectivity index (χ3n) is 4.99. The van der Waals surface area contributed by atoms with Gasteiger partial charge < -0.3 is 26.3 Å². The van der Waals surface area contributed by atoms with Crippen LogP contribution in [0.5, 0.6) is 5.75 Å². The molecule has 0 radical (unpaired) electrons. The van der Waals surface area contributed by atoms with Gasteiger partial charge in [-0.1, -0.05) is 6.58 Å². The lowest BCUT2D eigenvalue weighted by Gasteiger charge is -2.15. The van der Waals surface area contributed by atoms with Crippen LogP contribution in [0.3, 0.4) is 0 Å². The number of ether oxygens (including phenoxy) is 2. The number of aliphatic imine (C=N–C) groups is 1. The molecule has 5 N–H and O–H groups in total. The summed E-state index contributed by atoms with van der Waals surface area (Å²) in [6, 6.07) is 0. The molecule has 3 rings (SSSR count). The fraction of sp³-hybridized carbons (Fsp3) is 0.429. The van der Waals surface area contributed by atoms with Crippen molar-refractivity contribution in [2.75, 3.05) is 25.1 Å². The molecule has 10 nitrogen and oxygen atoms in total. The molecule has 1 amide bonds. The summed E-state index contributed by atoms with van der Waals surface area (Å²) in [5, 5.41) is 7.97. The highest BCUT2D eigenvalue weighted by molar-refractivity contribution is 8.14. The molecular weight excluding hydrogens is 430 g/mol. The molecule has 0 aliphatic carbocycles. The first kappa shape index (κ1) is 23.5. The zero-order valence-corrected chi connectivity index (χ0v) is 19.6. The number of carbonyl (C=O) groups is 1. The molecule has 0 saturated carbocycles. The van der Waals surface area contributed by atoms with E-state index in [-0.39, 0.29) is 5.82 Å². The van der Waals surface area contributed by atoms with Gasteiger partial charge in [-0.3, -0.25) is 4.98 Å². The van der Waals surface area contributed by atoms with Crippen LogP contribution in [0.15, 0.2) is 23.6 Å². The number of nitrogen functional groups attached to an aromatic ring is 1. The number of thioether (sulfide) groups is 1. The fourth-order valence-electron chi connectivity index (χ4n) is 3.55. The number of aryl methyl sites for hydroxylation is 1. The number of fused-ring (bicyclic) bond motifs is 1. The van der Waals surface area contributed by atoms with Crippen molar-refractivity contribution in [1.82, 2.24) is 20.1 Å². The Hall–Kier alpha value is -3.21. The maximum absolute atomic E-state index is 12.0. The normalized spacial score (nSPS) is 16.9. The Kier molecular flexibility index (Phi) is 7.29. The van der Waals surface area contributed by atoms with Crippen LogP contribution in [-0.2, 0) is 17.7 Å². The zero-order valence-electron chi connectivity index (χ0n) is 18.8. The number of carbonyl (C=O) groups excluding carboxylic acids is 1. The molecule has 32 heavy (non-hydrogen) atoms. The summed E-state index contributed by atoms with van der Waals surface area (Å²) in [6.07, 6.45) is 1.30. The van der Waals surface area contributed by atoms with Crippen molar-refractivity contribution in [1.29, 1.82) is 0 Å². The molecule has 0 bridgehead atoms. The Balaban J connectivity index is 1.99. The van der Waals surface area contributed by atoms with E-state index in [0.717, 1.165) is 22.6 Å². The highest BCUT2D eigenvalue weighted by Crippen LogP contribution is 2.32. The summed E-state index contributed by atoms with van der Waals surface area (Å²) in [4.78, 5) is 20.9. The van der Waals surface area contributed by atoms with E-state index in [4.69, 9.17) is 26.0 Å². The molecule has 2 aromatic rings. The molecule has 1 unspecified atom stereocenters. The highest BCUT2D eigenvalue weighted by Gasteiger charge is 2.30. The Labute approximate surface area is 191 Å². The van der Waals surface area contributed by atoms with Gasteiger partial charge in [0.25, 0.3) is 0 Å². The molecule has 1 atom stereocenters. The molecule has 0 fully saturated rings. The second-order valence-electron chi connectivity index (χ2n) is 7.39. The highest BCUT2D eigenvalue weighted by atomic mass is 32.2. The molecule has 3 heterocycles. The van der Waals surface area contributed by atoms with E-state index in [1.54, 1.807) is 18.0 Å². The Morgan fingerprint density at radius 2 is 2.22 bits per heavy atom. The predicted octanol–water partition coefficient (Wildman–Crippen LogP) is 2.11. The van der Waals surface area contributed by atoms with Crippen LogP contribution in [-0.4, -0.2) is 51.4 Å². The average Bonchev–Trinajstić information content (AvgIpc) is 2.91. The van der Waals surface area contributed by atoms with Crippen LogP contribution in [0.4, 0.5) is 10.6 Å². The molecule has 0 saturated heterocycles. The van der Waals surface area contributed by atoms with Gasteiger partial charge >= 0.3 is 6.09 Å². The van der Waals surface area contributed by atoms with E-state index in [0.29, 0.717) is 47.4 Å². The molecule has 11 heteroatoms. The number of aromatic nitrogens is 3. The quantitative estimate of drug-likeness (QED) is 0.596. The van der Waals surface area contributed by atoms with Crippen molar-refractivity contribution in [3.8, 4) is 5.75 Å². The molecule has 1 aliphatic rings. The van der Waals surface area contributed by atoms with Gasteiger partial charge in [-0.2, -0.15) is 5.10 Å². The first-order chi connectivity index (χ1) is 15.2. The van der Waals surface area contributed by atoms with Gasteiger partial charge in [0.15, 0.2) is 0 Å². The number of anilines is 1. The first-order valence-electron chi connectivity index (χ1n) is 10.2. The summed E-state index contributed by atoms with van der Waals surface area (Å²) >= 11 is 1.40. The Bertz CT molecular complexity index is 1060. The largest absolute Gasteiger partial charge is 0.496 e. The second kappa shape index (κ2) is 9.94. The third-order valence-corrected chi connectivity index (χ3v) is 6.10. The minimum atomic E-state index is -0.470. The van der Waals surface area contributed by atoms with Crippen molar-refractivity contribution in [3.05, 3.63) is 46.7 Å². The minimum Gasteiger partial charge on any atom is -0.496 e. The Morgan fingerprint density at radius 3 is 2.88 bits per heavy atom. The van der Waals surface area contributed by atoms with E-state index in [9.17, 15) is 4.79 Å². The van der Waals surface area contributed by atoms with Gasteiger partial charge in [0.1, 0.15) is 28.5 Å². The van der Waals surface area contributed by atoms with Gasteiger partial charge in [0.05, 0.1) is 30.6 Å². The number of nitrogens with two attached hydrogens (primary N) is 2. The van der Waals surface area contributed by atoms with E-state index < -0.39 is 12.2 Å². The number of pyridine rings is 1. The van der Waals surface area contributed by atoms with Gasteiger partial charge in [0, 0.05) is 36.0 Å². The molecular formula is C21H29N7O3S. The van der Waals surface area contributed by atoms with E-state index in [2.05, 4.69) is 21.9 Å². The SMILES string of the molecule is C=C(N)/N=C1/SCC(OC(=O)NCC)Cc2nn(Cc3ncc(C)c(OC)c3C)c(N)c21. The van der Waals surface area contributed by atoms with E-state index >= 15 is 0 Å². The second-order valence-corrected chi connectivity index (χ2v) is 8.40. The topological polar surface area (TPSA) is 143 Å². The summed E-state index contributed by atoms with van der Waals surface area (Å²) in [5.41, 5.74) is 16.3. The molecule has 172 valence electrons. The number of methoxy groups -OCH3 is 1.